The summed E-state index contributed by atoms with van der Waals surface area (Å²) in [6, 6.07) is 6.62. The van der Waals surface area contributed by atoms with Crippen LogP contribution < -0.4 is 0 Å². The second-order valence-electron chi connectivity index (χ2n) is 3.48. The Bertz CT molecular complexity index is 625. The molecular formula is C11H8N4O2. The quantitative estimate of drug-likeness (QED) is 0.580. The third kappa shape index (κ3) is 1.86. The number of nitriles is 1. The number of nitro groups is 1. The van der Waals surface area contributed by atoms with Crippen molar-refractivity contribution in [3.05, 3.63) is 52.1 Å². The van der Waals surface area contributed by atoms with Gasteiger partial charge in [0.2, 0.25) is 5.82 Å². The highest BCUT2D eigenvalue weighted by atomic mass is 16.6. The van der Waals surface area contributed by atoms with Crippen molar-refractivity contribution in [3.63, 3.8) is 0 Å². The number of nitro benzene ring substituents is 1. The van der Waals surface area contributed by atoms with Crippen LogP contribution in [-0.4, -0.2) is 14.5 Å². The van der Waals surface area contributed by atoms with Crippen molar-refractivity contribution in [2.24, 2.45) is 0 Å². The second-order valence-corrected chi connectivity index (χ2v) is 3.48. The van der Waals surface area contributed by atoms with Gasteiger partial charge >= 0.3 is 0 Å². The summed E-state index contributed by atoms with van der Waals surface area (Å²) in [7, 11) is 0. The number of imidazole rings is 1. The molecule has 0 bridgehead atoms. The van der Waals surface area contributed by atoms with Crippen LogP contribution in [-0.2, 0) is 0 Å². The highest BCUT2D eigenvalue weighted by Crippen LogP contribution is 2.24. The smallest absolute Gasteiger partial charge is 0.285 e. The van der Waals surface area contributed by atoms with Crippen LogP contribution in [0.2, 0.25) is 0 Å². The highest BCUT2D eigenvalue weighted by Gasteiger charge is 2.17. The minimum Gasteiger partial charge on any atom is -0.285 e. The SMILES string of the molecule is Cc1ccc([N+](=O)[O-])c(-n2ccnc2C#N)c1. The van der Waals surface area contributed by atoms with Gasteiger partial charge < -0.3 is 0 Å². The maximum atomic E-state index is 10.9. The Morgan fingerprint density at radius 2 is 2.29 bits per heavy atom. The normalized spacial score (nSPS) is 9.88. The molecule has 1 aromatic heterocycles. The van der Waals surface area contributed by atoms with Gasteiger partial charge in [0.25, 0.3) is 5.69 Å². The van der Waals surface area contributed by atoms with Crippen LogP contribution in [0.5, 0.6) is 0 Å². The minimum atomic E-state index is -0.476. The third-order valence-electron chi connectivity index (χ3n) is 2.33. The summed E-state index contributed by atoms with van der Waals surface area (Å²) >= 11 is 0. The maximum absolute atomic E-state index is 10.9. The number of hydrogen-bond acceptors (Lipinski definition) is 4. The number of rotatable bonds is 2. The van der Waals surface area contributed by atoms with Gasteiger partial charge in [0.05, 0.1) is 4.92 Å². The van der Waals surface area contributed by atoms with Gasteiger partial charge in [0.1, 0.15) is 11.8 Å². The summed E-state index contributed by atoms with van der Waals surface area (Å²) in [5, 5.41) is 19.8. The van der Waals surface area contributed by atoms with Gasteiger partial charge in [0, 0.05) is 18.5 Å². The first-order chi connectivity index (χ1) is 8.13. The van der Waals surface area contributed by atoms with E-state index in [0.29, 0.717) is 5.69 Å². The molecule has 17 heavy (non-hydrogen) atoms. The average molecular weight is 228 g/mol. The van der Waals surface area contributed by atoms with Crippen molar-refractivity contribution in [1.82, 2.24) is 9.55 Å². The molecule has 6 nitrogen and oxygen atoms in total. The van der Waals surface area contributed by atoms with Crippen molar-refractivity contribution < 1.29 is 4.92 Å². The Kier molecular flexibility index (Phi) is 2.58. The average Bonchev–Trinajstić information content (AvgIpc) is 2.76. The number of aryl methyl sites for hydroxylation is 1. The fourth-order valence-electron chi connectivity index (χ4n) is 1.56. The summed E-state index contributed by atoms with van der Waals surface area (Å²) in [5.74, 6) is 0.124. The lowest BCUT2D eigenvalue weighted by Gasteiger charge is -2.05. The monoisotopic (exact) mass is 228 g/mol. The predicted molar refractivity (Wildman–Crippen MR) is 59.7 cm³/mol. The van der Waals surface area contributed by atoms with Crippen molar-refractivity contribution in [3.8, 4) is 11.8 Å². The van der Waals surface area contributed by atoms with E-state index >= 15 is 0 Å². The molecule has 0 amide bonds. The Morgan fingerprint density at radius 1 is 1.53 bits per heavy atom. The van der Waals surface area contributed by atoms with E-state index in [1.165, 1.54) is 23.0 Å². The Balaban J connectivity index is 2.70. The van der Waals surface area contributed by atoms with Crippen LogP contribution in [0.3, 0.4) is 0 Å². The van der Waals surface area contributed by atoms with E-state index < -0.39 is 4.92 Å². The van der Waals surface area contributed by atoms with Crippen LogP contribution in [0, 0.1) is 28.4 Å². The molecule has 0 saturated carbocycles. The molecule has 0 N–H and O–H groups in total. The molecule has 0 aliphatic carbocycles. The van der Waals surface area contributed by atoms with Gasteiger partial charge in [-0.25, -0.2) is 4.98 Å². The fraction of sp³-hybridized carbons (Fsp3) is 0.0909. The van der Waals surface area contributed by atoms with E-state index in [9.17, 15) is 10.1 Å². The first kappa shape index (κ1) is 10.8. The van der Waals surface area contributed by atoms with E-state index in [4.69, 9.17) is 5.26 Å². The first-order valence-corrected chi connectivity index (χ1v) is 4.82. The zero-order valence-electron chi connectivity index (χ0n) is 8.99. The third-order valence-corrected chi connectivity index (χ3v) is 2.33. The van der Waals surface area contributed by atoms with Crippen molar-refractivity contribution >= 4 is 5.69 Å². The Labute approximate surface area is 96.9 Å². The minimum absolute atomic E-state index is 0.0508. The lowest BCUT2D eigenvalue weighted by atomic mass is 10.2. The largest absolute Gasteiger partial charge is 0.293 e. The fourth-order valence-corrected chi connectivity index (χ4v) is 1.56. The molecule has 6 heteroatoms. The zero-order chi connectivity index (χ0) is 12.4. The first-order valence-electron chi connectivity index (χ1n) is 4.82. The molecule has 1 heterocycles. The lowest BCUT2D eigenvalue weighted by Crippen LogP contribution is -2.02. The molecule has 1 aromatic carbocycles. The van der Waals surface area contributed by atoms with Gasteiger partial charge in [-0.1, -0.05) is 6.07 Å². The molecule has 0 radical (unpaired) electrons. The van der Waals surface area contributed by atoms with Crippen LogP contribution >= 0.6 is 0 Å². The van der Waals surface area contributed by atoms with Crippen LogP contribution in [0.4, 0.5) is 5.69 Å². The summed E-state index contributed by atoms with van der Waals surface area (Å²) in [4.78, 5) is 14.3. The molecule has 0 atom stereocenters. The Morgan fingerprint density at radius 3 is 2.94 bits per heavy atom. The number of hydrogen-bond donors (Lipinski definition) is 0. The Hall–Kier alpha value is -2.68. The molecule has 0 aliphatic heterocycles. The van der Waals surface area contributed by atoms with Gasteiger partial charge in [-0.2, -0.15) is 5.26 Å². The molecule has 84 valence electrons. The van der Waals surface area contributed by atoms with Crippen LogP contribution in [0.25, 0.3) is 5.69 Å². The topological polar surface area (TPSA) is 84.8 Å². The molecule has 0 spiro atoms. The molecule has 0 saturated heterocycles. The highest BCUT2D eigenvalue weighted by molar-refractivity contribution is 5.55. The van der Waals surface area contributed by atoms with E-state index in [-0.39, 0.29) is 11.5 Å². The van der Waals surface area contributed by atoms with E-state index in [1.807, 2.05) is 13.0 Å². The lowest BCUT2D eigenvalue weighted by molar-refractivity contribution is -0.384. The van der Waals surface area contributed by atoms with E-state index in [2.05, 4.69) is 4.98 Å². The van der Waals surface area contributed by atoms with E-state index in [0.717, 1.165) is 5.56 Å². The molecule has 0 aliphatic rings. The van der Waals surface area contributed by atoms with Crippen molar-refractivity contribution in [2.75, 3.05) is 0 Å². The van der Waals surface area contributed by atoms with Crippen LogP contribution in [0.1, 0.15) is 11.4 Å². The van der Waals surface area contributed by atoms with Gasteiger partial charge in [0.15, 0.2) is 0 Å². The molecule has 0 fully saturated rings. The van der Waals surface area contributed by atoms with E-state index in [1.54, 1.807) is 12.1 Å². The zero-order valence-corrected chi connectivity index (χ0v) is 8.99. The number of aromatic nitrogens is 2. The van der Waals surface area contributed by atoms with Crippen molar-refractivity contribution in [1.29, 1.82) is 5.26 Å². The number of nitrogens with zero attached hydrogens (tertiary/aromatic N) is 4. The van der Waals surface area contributed by atoms with Gasteiger partial charge in [-0.05, 0) is 18.6 Å². The van der Waals surface area contributed by atoms with Gasteiger partial charge in [-0.3, -0.25) is 14.7 Å². The second kappa shape index (κ2) is 4.06. The standard InChI is InChI=1S/C11H8N4O2/c1-8-2-3-9(15(16)17)10(6-8)14-5-4-13-11(14)7-12/h2-6H,1H3. The summed E-state index contributed by atoms with van der Waals surface area (Å²) in [5.41, 5.74) is 1.18. The predicted octanol–water partition coefficient (Wildman–Crippen LogP) is 1.96. The maximum Gasteiger partial charge on any atom is 0.293 e. The summed E-state index contributed by atoms with van der Waals surface area (Å²) < 4.78 is 1.41. The van der Waals surface area contributed by atoms with Gasteiger partial charge in [-0.15, -0.1) is 0 Å². The number of benzene rings is 1. The molecule has 2 rings (SSSR count). The van der Waals surface area contributed by atoms with Crippen molar-refractivity contribution in [2.45, 2.75) is 6.92 Å². The summed E-state index contributed by atoms with van der Waals surface area (Å²) in [6.45, 7) is 1.83. The van der Waals surface area contributed by atoms with Crippen LogP contribution in [0.15, 0.2) is 30.6 Å². The molecule has 2 aromatic rings. The summed E-state index contributed by atoms with van der Waals surface area (Å²) in [6.07, 6.45) is 2.96. The molecular weight excluding hydrogens is 220 g/mol. The molecule has 0 unspecified atom stereocenters.